The minimum Gasteiger partial charge on any atom is -0.454 e. The summed E-state index contributed by atoms with van der Waals surface area (Å²) in [5.41, 5.74) is -1.14. The number of H-pyrrole nitrogens is 1. The van der Waals surface area contributed by atoms with Gasteiger partial charge in [-0.3, -0.25) is 18.9 Å². The number of esters is 1. The molecule has 3 N–H and O–H groups in total. The molecule has 1 saturated heterocycles. The quantitative estimate of drug-likeness (QED) is 0.444. The van der Waals surface area contributed by atoms with Gasteiger partial charge in [0, 0.05) is 18.7 Å². The first-order valence-electron chi connectivity index (χ1n) is 8.12. The van der Waals surface area contributed by atoms with Crippen molar-refractivity contribution >= 4 is 13.6 Å². The fourth-order valence-corrected chi connectivity index (χ4v) is 3.01. The van der Waals surface area contributed by atoms with Gasteiger partial charge >= 0.3 is 19.3 Å². The Morgan fingerprint density at radius 3 is 2.61 bits per heavy atom. The van der Waals surface area contributed by atoms with Crippen LogP contribution in [0, 0.1) is 0 Å². The van der Waals surface area contributed by atoms with Crippen LogP contribution in [-0.4, -0.2) is 44.0 Å². The second kappa shape index (κ2) is 8.21. The van der Waals surface area contributed by atoms with Crippen LogP contribution in [0.2, 0.25) is 0 Å². The van der Waals surface area contributed by atoms with Gasteiger partial charge in [-0.25, -0.2) is 9.59 Å². The lowest BCUT2D eigenvalue weighted by atomic mass is 10.2. The summed E-state index contributed by atoms with van der Waals surface area (Å²) in [6.45, 7) is 0. The number of carbonyl (C=O) groups is 1. The van der Waals surface area contributed by atoms with E-state index in [2.05, 4.69) is 4.98 Å². The van der Waals surface area contributed by atoms with Crippen LogP contribution in [0.5, 0.6) is 0 Å². The van der Waals surface area contributed by atoms with Gasteiger partial charge in [-0.05, 0) is 12.1 Å². The van der Waals surface area contributed by atoms with Crippen molar-refractivity contribution in [3.8, 4) is 0 Å². The van der Waals surface area contributed by atoms with Crippen LogP contribution in [0.3, 0.4) is 0 Å². The molecule has 1 aromatic heterocycles. The molecule has 2 heterocycles. The summed E-state index contributed by atoms with van der Waals surface area (Å²) in [6.07, 6.45) is -3.10. The van der Waals surface area contributed by atoms with Gasteiger partial charge in [-0.2, -0.15) is 0 Å². The molecule has 28 heavy (non-hydrogen) atoms. The lowest BCUT2D eigenvalue weighted by molar-refractivity contribution is -0.147. The maximum Gasteiger partial charge on any atom is 0.351 e. The molecule has 0 aliphatic carbocycles. The molecular weight excluding hydrogens is 395 g/mol. The average Bonchev–Trinajstić information content (AvgIpc) is 3.03. The maximum atomic E-state index is 12.4. The van der Waals surface area contributed by atoms with Gasteiger partial charge in [0.2, 0.25) is 0 Å². The molecule has 3 atom stereocenters. The van der Waals surface area contributed by atoms with Crippen LogP contribution >= 0.6 is 7.60 Å². The number of benzene rings is 1. The Morgan fingerprint density at radius 1 is 1.25 bits per heavy atom. The molecule has 0 unspecified atom stereocenters. The zero-order chi connectivity index (χ0) is 20.3. The molecule has 1 aliphatic rings. The van der Waals surface area contributed by atoms with Gasteiger partial charge < -0.3 is 24.0 Å². The number of carbonyl (C=O) groups excluding carboxylic acids is 1. The lowest BCUT2D eigenvalue weighted by Gasteiger charge is -2.20. The molecular formula is C16H17N2O9P. The SMILES string of the molecule is O=C(O[C@H]1C[C@@H](OCP(=O)(O)O)O[C@H]1n1ccc(=O)[nH]c1=O)c1ccccc1. The van der Waals surface area contributed by atoms with E-state index in [1.54, 1.807) is 30.3 Å². The summed E-state index contributed by atoms with van der Waals surface area (Å²) in [7, 11) is -4.45. The van der Waals surface area contributed by atoms with Gasteiger partial charge in [-0.1, -0.05) is 18.2 Å². The summed E-state index contributed by atoms with van der Waals surface area (Å²) < 4.78 is 28.0. The fraction of sp³-hybridized carbons (Fsp3) is 0.312. The molecule has 1 aliphatic heterocycles. The van der Waals surface area contributed by atoms with Crippen molar-refractivity contribution in [3.63, 3.8) is 0 Å². The average molecular weight is 412 g/mol. The molecule has 0 amide bonds. The Balaban J connectivity index is 1.82. The van der Waals surface area contributed by atoms with Crippen molar-refractivity contribution in [1.29, 1.82) is 0 Å². The zero-order valence-electron chi connectivity index (χ0n) is 14.3. The van der Waals surface area contributed by atoms with Crippen LogP contribution in [-0.2, 0) is 18.8 Å². The molecule has 1 fully saturated rings. The highest BCUT2D eigenvalue weighted by Gasteiger charge is 2.41. The van der Waals surface area contributed by atoms with Crippen molar-refractivity contribution in [2.24, 2.45) is 0 Å². The zero-order valence-corrected chi connectivity index (χ0v) is 15.2. The first-order valence-corrected chi connectivity index (χ1v) is 9.92. The van der Waals surface area contributed by atoms with E-state index in [1.165, 1.54) is 6.20 Å². The molecule has 0 bridgehead atoms. The van der Waals surface area contributed by atoms with Gasteiger partial charge in [0.05, 0.1) is 5.56 Å². The third-order valence-corrected chi connectivity index (χ3v) is 4.34. The third kappa shape index (κ3) is 5.03. The second-order valence-electron chi connectivity index (χ2n) is 5.98. The van der Waals surface area contributed by atoms with Crippen LogP contribution < -0.4 is 11.2 Å². The summed E-state index contributed by atoms with van der Waals surface area (Å²) in [5, 5.41) is 0. The third-order valence-electron chi connectivity index (χ3n) is 3.86. The number of nitrogens with one attached hydrogen (secondary N) is 1. The van der Waals surface area contributed by atoms with E-state index in [9.17, 15) is 18.9 Å². The Labute approximate surface area is 157 Å². The van der Waals surface area contributed by atoms with Crippen LogP contribution in [0.1, 0.15) is 23.0 Å². The molecule has 2 aromatic rings. The van der Waals surface area contributed by atoms with Crippen molar-refractivity contribution in [2.45, 2.75) is 25.0 Å². The minimum atomic E-state index is -4.45. The molecule has 150 valence electrons. The fourth-order valence-electron chi connectivity index (χ4n) is 2.65. The van der Waals surface area contributed by atoms with Crippen molar-refractivity contribution in [1.82, 2.24) is 9.55 Å². The smallest absolute Gasteiger partial charge is 0.351 e. The molecule has 3 rings (SSSR count). The number of ether oxygens (including phenoxy) is 3. The normalized spacial score (nSPS) is 22.1. The Morgan fingerprint density at radius 2 is 1.96 bits per heavy atom. The molecule has 0 saturated carbocycles. The Hall–Kier alpha value is -2.56. The van der Waals surface area contributed by atoms with Crippen LogP contribution in [0.25, 0.3) is 0 Å². The van der Waals surface area contributed by atoms with Crippen LogP contribution in [0.15, 0.2) is 52.2 Å². The highest BCUT2D eigenvalue weighted by molar-refractivity contribution is 7.51. The number of aromatic amines is 1. The summed E-state index contributed by atoms with van der Waals surface area (Å²) in [4.78, 5) is 55.6. The number of aromatic nitrogens is 2. The maximum absolute atomic E-state index is 12.4. The summed E-state index contributed by atoms with van der Waals surface area (Å²) >= 11 is 0. The van der Waals surface area contributed by atoms with Crippen molar-refractivity contribution in [2.75, 3.05) is 6.35 Å². The molecule has 12 heteroatoms. The number of rotatable bonds is 6. The Bertz CT molecular complexity index is 997. The molecule has 0 spiro atoms. The predicted octanol–water partition coefficient (Wildman–Crippen LogP) is 0.159. The second-order valence-corrected chi connectivity index (χ2v) is 7.57. The lowest BCUT2D eigenvalue weighted by Crippen LogP contribution is -2.36. The standard InChI is InChI=1S/C16H17N2O9P/c19-12-6-7-18(16(21)17-12)14-11(8-13(27-14)25-9-28(22,23)24)26-15(20)10-4-2-1-3-5-10/h1-7,11,13-14H,8-9H2,(H,17,19,21)(H2,22,23,24)/t11-,13-,14+/m0/s1. The van der Waals surface area contributed by atoms with Gasteiger partial charge in [0.15, 0.2) is 25.0 Å². The van der Waals surface area contributed by atoms with Gasteiger partial charge in [-0.15, -0.1) is 0 Å². The first-order chi connectivity index (χ1) is 13.2. The van der Waals surface area contributed by atoms with E-state index in [0.29, 0.717) is 0 Å². The molecule has 11 nitrogen and oxygen atoms in total. The van der Waals surface area contributed by atoms with Crippen LogP contribution in [0.4, 0.5) is 0 Å². The van der Waals surface area contributed by atoms with Crippen molar-refractivity contribution in [3.05, 3.63) is 69.0 Å². The largest absolute Gasteiger partial charge is 0.454 e. The monoisotopic (exact) mass is 412 g/mol. The Kier molecular flexibility index (Phi) is 5.92. The van der Waals surface area contributed by atoms with E-state index in [0.717, 1.165) is 10.6 Å². The number of nitrogens with zero attached hydrogens (tertiary/aromatic N) is 1. The van der Waals surface area contributed by atoms with E-state index in [-0.39, 0.29) is 12.0 Å². The highest BCUT2D eigenvalue weighted by Crippen LogP contribution is 2.38. The van der Waals surface area contributed by atoms with Crippen molar-refractivity contribution < 1.29 is 33.4 Å². The number of hydrogen-bond donors (Lipinski definition) is 3. The molecule has 1 aromatic carbocycles. The number of hydrogen-bond acceptors (Lipinski definition) is 7. The summed E-state index contributed by atoms with van der Waals surface area (Å²) in [6, 6.07) is 9.20. The van der Waals surface area contributed by atoms with E-state index in [4.69, 9.17) is 24.0 Å². The first kappa shape index (κ1) is 20.2. The minimum absolute atomic E-state index is 0.0746. The van der Waals surface area contributed by atoms with E-state index in [1.807, 2.05) is 0 Å². The van der Waals surface area contributed by atoms with Gasteiger partial charge in [0.25, 0.3) is 5.56 Å². The summed E-state index contributed by atoms with van der Waals surface area (Å²) in [5.74, 6) is -0.674. The van der Waals surface area contributed by atoms with E-state index >= 15 is 0 Å². The highest BCUT2D eigenvalue weighted by atomic mass is 31.2. The molecule has 0 radical (unpaired) electrons. The predicted molar refractivity (Wildman–Crippen MR) is 93.5 cm³/mol. The topological polar surface area (TPSA) is 157 Å². The van der Waals surface area contributed by atoms with Gasteiger partial charge in [0.1, 0.15) is 0 Å². The van der Waals surface area contributed by atoms with E-state index < -0.39 is 49.8 Å².